The van der Waals surface area contributed by atoms with Crippen molar-refractivity contribution in [3.8, 4) is 0 Å². The first-order chi connectivity index (χ1) is 21.0. The van der Waals surface area contributed by atoms with E-state index in [1.807, 2.05) is 25.1 Å². The van der Waals surface area contributed by atoms with E-state index in [0.717, 1.165) is 28.2 Å². The van der Waals surface area contributed by atoms with Crippen molar-refractivity contribution < 1.29 is 18.8 Å². The summed E-state index contributed by atoms with van der Waals surface area (Å²) >= 11 is 0. The molecule has 228 valence electrons. The number of imidazole rings is 1. The minimum Gasteiger partial charge on any atom is -0.345 e. The van der Waals surface area contributed by atoms with Crippen LogP contribution in [-0.4, -0.2) is 57.3 Å². The number of nitrogens with zero attached hydrogens (tertiary/aromatic N) is 3. The molecule has 0 aliphatic carbocycles. The largest absolute Gasteiger partial charge is 0.345 e. The van der Waals surface area contributed by atoms with E-state index < -0.39 is 29.2 Å². The van der Waals surface area contributed by atoms with Crippen molar-refractivity contribution in [1.82, 2.24) is 24.8 Å². The Kier molecular flexibility index (Phi) is 10.2. The number of aromatic amines is 1. The maximum atomic E-state index is 14.3. The molecule has 3 amide bonds. The van der Waals surface area contributed by atoms with Crippen molar-refractivity contribution in [3.05, 3.63) is 118 Å². The third kappa shape index (κ3) is 7.94. The van der Waals surface area contributed by atoms with E-state index in [9.17, 15) is 23.6 Å². The predicted molar refractivity (Wildman–Crippen MR) is 168 cm³/mol. The van der Waals surface area contributed by atoms with Crippen LogP contribution in [0.1, 0.15) is 41.5 Å². The van der Waals surface area contributed by atoms with Gasteiger partial charge >= 0.3 is 0 Å². The highest BCUT2D eigenvalue weighted by Crippen LogP contribution is 2.19. The number of amides is 3. The maximum absolute atomic E-state index is 14.3. The first kappa shape index (κ1) is 31.6. The van der Waals surface area contributed by atoms with Gasteiger partial charge in [0.1, 0.15) is 23.4 Å². The topological polar surface area (TPSA) is 129 Å². The van der Waals surface area contributed by atoms with E-state index in [-0.39, 0.29) is 36.5 Å². The Morgan fingerprint density at radius 1 is 1.11 bits per heavy atom. The number of carbonyl (C=O) groups excluding carboxylic acids is 3. The van der Waals surface area contributed by atoms with E-state index in [1.54, 1.807) is 32.4 Å². The predicted octanol–water partition coefficient (Wildman–Crippen LogP) is 4.19. The number of anilines is 1. The molecule has 2 aromatic heterocycles. The third-order valence-corrected chi connectivity index (χ3v) is 6.80. The fourth-order valence-corrected chi connectivity index (χ4v) is 4.57. The lowest BCUT2D eigenvalue weighted by atomic mass is 10.1. The van der Waals surface area contributed by atoms with Gasteiger partial charge in [-0.25, -0.2) is 9.37 Å². The molecule has 0 saturated heterocycles. The van der Waals surface area contributed by atoms with Gasteiger partial charge in [0, 0.05) is 20.3 Å². The summed E-state index contributed by atoms with van der Waals surface area (Å²) in [7, 11) is 3.22. The van der Waals surface area contributed by atoms with Gasteiger partial charge in [0.05, 0.1) is 23.1 Å². The highest BCUT2D eigenvalue weighted by molar-refractivity contribution is 6.01. The number of aromatic nitrogens is 3. The molecule has 4 rings (SSSR count). The van der Waals surface area contributed by atoms with Gasteiger partial charge in [0.15, 0.2) is 0 Å². The lowest BCUT2D eigenvalue weighted by Crippen LogP contribution is -2.44. The molecular weight excluding hydrogens is 563 g/mol. The fraction of sp³-hybridized carbons (Fsp3) is 0.242. The Labute approximate surface area is 254 Å². The highest BCUT2D eigenvalue weighted by atomic mass is 19.1. The van der Waals surface area contributed by atoms with Crippen LogP contribution >= 0.6 is 0 Å². The van der Waals surface area contributed by atoms with Crippen LogP contribution in [0.5, 0.6) is 0 Å². The molecule has 0 fully saturated rings. The van der Waals surface area contributed by atoms with Gasteiger partial charge in [-0.15, -0.1) is 0 Å². The summed E-state index contributed by atoms with van der Waals surface area (Å²) < 4.78 is 15.7. The minimum absolute atomic E-state index is 0.0000468. The summed E-state index contributed by atoms with van der Waals surface area (Å²) in [6, 6.07) is 13.2. The number of allylic oxidation sites excluding steroid dienone is 2. The zero-order chi connectivity index (χ0) is 31.8. The summed E-state index contributed by atoms with van der Waals surface area (Å²) in [5.74, 6) is -1.84. The van der Waals surface area contributed by atoms with Crippen LogP contribution in [-0.2, 0) is 22.6 Å². The molecule has 0 spiro atoms. The second-order valence-corrected chi connectivity index (χ2v) is 10.7. The van der Waals surface area contributed by atoms with Gasteiger partial charge in [-0.1, -0.05) is 42.5 Å². The van der Waals surface area contributed by atoms with Gasteiger partial charge in [-0.2, -0.15) is 0 Å². The Hall–Kier alpha value is -5.32. The van der Waals surface area contributed by atoms with Crippen LogP contribution in [0.15, 0.2) is 89.9 Å². The fourth-order valence-electron chi connectivity index (χ4n) is 4.57. The summed E-state index contributed by atoms with van der Waals surface area (Å²) in [4.78, 5) is 60.8. The number of H-pyrrole nitrogens is 1. The quantitative estimate of drug-likeness (QED) is 0.166. The molecule has 0 saturated carbocycles. The van der Waals surface area contributed by atoms with E-state index in [4.69, 9.17) is 4.98 Å². The van der Waals surface area contributed by atoms with Crippen molar-refractivity contribution >= 4 is 34.4 Å². The first-order valence-electron chi connectivity index (χ1n) is 14.1. The van der Waals surface area contributed by atoms with Crippen molar-refractivity contribution in [3.63, 3.8) is 0 Å². The first-order valence-corrected chi connectivity index (χ1v) is 14.1. The molecule has 0 unspecified atom stereocenters. The SMILES string of the molecule is C=C(C)Cc1cccc2[nH]c(Cn3cccc(NC(=O)[C@H](CC/C=C/C(=O)N(C)C)NC(=O)c4ccccc4F)c3=O)nc12. The van der Waals surface area contributed by atoms with Crippen LogP contribution in [0.4, 0.5) is 10.1 Å². The Balaban J connectivity index is 1.53. The van der Waals surface area contributed by atoms with Crippen molar-refractivity contribution in [2.45, 2.75) is 38.8 Å². The molecule has 4 aromatic rings. The summed E-state index contributed by atoms with van der Waals surface area (Å²) in [5.41, 5.74) is 2.98. The lowest BCUT2D eigenvalue weighted by molar-refractivity contribution is -0.123. The zero-order valence-corrected chi connectivity index (χ0v) is 24.9. The number of fused-ring (bicyclic) bond motifs is 1. The monoisotopic (exact) mass is 598 g/mol. The van der Waals surface area contributed by atoms with Gasteiger partial charge in [0.2, 0.25) is 11.8 Å². The number of hydrogen-bond donors (Lipinski definition) is 3. The number of para-hydroxylation sites is 1. The van der Waals surface area contributed by atoms with Gasteiger partial charge < -0.3 is 25.1 Å². The lowest BCUT2D eigenvalue weighted by Gasteiger charge is -2.18. The molecule has 2 aromatic carbocycles. The van der Waals surface area contributed by atoms with Gasteiger partial charge in [-0.3, -0.25) is 19.2 Å². The molecule has 0 radical (unpaired) electrons. The van der Waals surface area contributed by atoms with Crippen LogP contribution in [0, 0.1) is 5.82 Å². The smallest absolute Gasteiger partial charge is 0.274 e. The molecule has 11 heteroatoms. The van der Waals surface area contributed by atoms with Gasteiger partial charge in [0.25, 0.3) is 11.5 Å². The molecule has 3 N–H and O–H groups in total. The number of hydrogen-bond acceptors (Lipinski definition) is 5. The van der Waals surface area contributed by atoms with Crippen molar-refractivity contribution in [2.75, 3.05) is 19.4 Å². The zero-order valence-electron chi connectivity index (χ0n) is 24.9. The van der Waals surface area contributed by atoms with E-state index >= 15 is 0 Å². The van der Waals surface area contributed by atoms with Crippen molar-refractivity contribution in [1.29, 1.82) is 0 Å². The van der Waals surface area contributed by atoms with E-state index in [1.165, 1.54) is 39.8 Å². The number of nitrogens with one attached hydrogen (secondary N) is 3. The summed E-state index contributed by atoms with van der Waals surface area (Å²) in [6.45, 7) is 6.06. The third-order valence-electron chi connectivity index (χ3n) is 6.80. The molecule has 1 atom stereocenters. The Morgan fingerprint density at radius 3 is 2.61 bits per heavy atom. The number of carbonyl (C=O) groups is 3. The molecular formula is C33H35FN6O4. The standard InChI is InChI=1S/C33H35FN6O4/c1-21(2)19-22-11-9-15-25-30(22)38-28(35-25)20-40-18-10-16-27(33(40)44)37-32(43)26(14-7-8-17-29(41)39(3)4)36-31(42)23-12-5-6-13-24(23)34/h5-6,8-13,15-18,26H,1,7,14,19-20H2,2-4H3,(H,35,38)(H,36,42)(H,37,43)/b17-8+/t26-/m0/s1. The molecule has 0 bridgehead atoms. The number of rotatable bonds is 12. The van der Waals surface area contributed by atoms with Crippen LogP contribution in [0.3, 0.4) is 0 Å². The molecule has 0 aliphatic heterocycles. The van der Waals surface area contributed by atoms with Crippen molar-refractivity contribution in [2.24, 2.45) is 0 Å². The Bertz CT molecular complexity index is 1790. The number of pyridine rings is 1. The molecule has 44 heavy (non-hydrogen) atoms. The normalized spacial score (nSPS) is 11.8. The molecule has 2 heterocycles. The number of halogens is 1. The second-order valence-electron chi connectivity index (χ2n) is 10.7. The second kappa shape index (κ2) is 14.2. The highest BCUT2D eigenvalue weighted by Gasteiger charge is 2.23. The summed E-state index contributed by atoms with van der Waals surface area (Å²) in [6.07, 6.45) is 5.57. The number of benzene rings is 2. The average Bonchev–Trinajstić information content (AvgIpc) is 3.40. The van der Waals surface area contributed by atoms with E-state index in [0.29, 0.717) is 12.2 Å². The van der Waals surface area contributed by atoms with Crippen LogP contribution in [0.2, 0.25) is 0 Å². The van der Waals surface area contributed by atoms with Crippen LogP contribution in [0.25, 0.3) is 11.0 Å². The number of likely N-dealkylation sites (N-methyl/N-ethyl adjacent to an activating group) is 1. The molecule has 10 nitrogen and oxygen atoms in total. The van der Waals surface area contributed by atoms with Crippen LogP contribution < -0.4 is 16.2 Å². The maximum Gasteiger partial charge on any atom is 0.274 e. The summed E-state index contributed by atoms with van der Waals surface area (Å²) in [5, 5.41) is 5.18. The average molecular weight is 599 g/mol. The Morgan fingerprint density at radius 2 is 1.89 bits per heavy atom. The molecule has 0 aliphatic rings. The van der Waals surface area contributed by atoms with Gasteiger partial charge in [-0.05, 0) is 68.2 Å². The van der Waals surface area contributed by atoms with E-state index in [2.05, 4.69) is 22.2 Å². The minimum atomic E-state index is -1.13.